The van der Waals surface area contributed by atoms with Crippen LogP contribution in [0.15, 0.2) is 0 Å². The van der Waals surface area contributed by atoms with Crippen LogP contribution in [-0.4, -0.2) is 43.8 Å². The number of hydrogen-bond acceptors (Lipinski definition) is 3. The molecule has 3 nitrogen and oxygen atoms in total. The zero-order chi connectivity index (χ0) is 9.03. The molecule has 12 heavy (non-hydrogen) atoms. The fourth-order valence-electron chi connectivity index (χ4n) is 1.47. The second-order valence-electron chi connectivity index (χ2n) is 3.55. The largest absolute Gasteiger partial charge is 0.380 e. The molecule has 72 valence electrons. The van der Waals surface area contributed by atoms with E-state index in [1.807, 2.05) is 6.92 Å². The summed E-state index contributed by atoms with van der Waals surface area (Å²) in [6.07, 6.45) is 2.51. The van der Waals surface area contributed by atoms with Crippen molar-refractivity contribution in [1.29, 1.82) is 0 Å². The van der Waals surface area contributed by atoms with Gasteiger partial charge in [0.25, 0.3) is 0 Å². The first-order valence-electron chi connectivity index (χ1n) is 4.74. The molecule has 1 fully saturated rings. The van der Waals surface area contributed by atoms with Gasteiger partial charge in [-0.05, 0) is 26.8 Å². The SMILES string of the molecule is CCOCCN(C)C1(CN)CC1. The fourth-order valence-corrected chi connectivity index (χ4v) is 1.47. The molecule has 0 spiro atoms. The number of hydrogen-bond donors (Lipinski definition) is 1. The Hall–Kier alpha value is -0.120. The lowest BCUT2D eigenvalue weighted by Crippen LogP contribution is -2.41. The van der Waals surface area contributed by atoms with E-state index in [0.717, 1.165) is 26.3 Å². The maximum absolute atomic E-state index is 5.69. The first kappa shape index (κ1) is 9.96. The molecular formula is C9H20N2O. The number of rotatable bonds is 6. The van der Waals surface area contributed by atoms with Crippen molar-refractivity contribution in [3.63, 3.8) is 0 Å². The van der Waals surface area contributed by atoms with Crippen LogP contribution in [0.1, 0.15) is 19.8 Å². The molecule has 1 saturated carbocycles. The molecule has 0 unspecified atom stereocenters. The summed E-state index contributed by atoms with van der Waals surface area (Å²) < 4.78 is 5.29. The lowest BCUT2D eigenvalue weighted by molar-refractivity contribution is 0.103. The van der Waals surface area contributed by atoms with Gasteiger partial charge in [0.05, 0.1) is 6.61 Å². The topological polar surface area (TPSA) is 38.5 Å². The molecule has 0 radical (unpaired) electrons. The van der Waals surface area contributed by atoms with Gasteiger partial charge in [0.2, 0.25) is 0 Å². The molecule has 0 aromatic rings. The van der Waals surface area contributed by atoms with Gasteiger partial charge in [0.15, 0.2) is 0 Å². The van der Waals surface area contributed by atoms with Crippen LogP contribution in [0, 0.1) is 0 Å². The second-order valence-corrected chi connectivity index (χ2v) is 3.55. The van der Waals surface area contributed by atoms with Crippen molar-refractivity contribution in [3.8, 4) is 0 Å². The molecule has 1 rings (SSSR count). The zero-order valence-corrected chi connectivity index (χ0v) is 8.18. The third-order valence-electron chi connectivity index (χ3n) is 2.79. The predicted octanol–water partition coefficient (Wildman–Crippen LogP) is 0.446. The summed E-state index contributed by atoms with van der Waals surface area (Å²) in [5.41, 5.74) is 6.02. The molecule has 1 aliphatic rings. The molecular weight excluding hydrogens is 152 g/mol. The fraction of sp³-hybridized carbons (Fsp3) is 1.00. The van der Waals surface area contributed by atoms with Gasteiger partial charge in [0.1, 0.15) is 0 Å². The normalized spacial score (nSPS) is 20.0. The second kappa shape index (κ2) is 4.21. The van der Waals surface area contributed by atoms with Crippen LogP contribution in [-0.2, 0) is 4.74 Å². The highest BCUT2D eigenvalue weighted by atomic mass is 16.5. The van der Waals surface area contributed by atoms with Gasteiger partial charge < -0.3 is 10.5 Å². The van der Waals surface area contributed by atoms with Crippen molar-refractivity contribution in [2.75, 3.05) is 33.4 Å². The summed E-state index contributed by atoms with van der Waals surface area (Å²) in [6, 6.07) is 0. The molecule has 0 bridgehead atoms. The van der Waals surface area contributed by atoms with E-state index in [4.69, 9.17) is 10.5 Å². The van der Waals surface area contributed by atoms with Crippen LogP contribution in [0.4, 0.5) is 0 Å². The monoisotopic (exact) mass is 172 g/mol. The van der Waals surface area contributed by atoms with E-state index < -0.39 is 0 Å². The van der Waals surface area contributed by atoms with Crippen molar-refractivity contribution in [2.24, 2.45) is 5.73 Å². The van der Waals surface area contributed by atoms with Gasteiger partial charge in [-0.25, -0.2) is 0 Å². The highest BCUT2D eigenvalue weighted by molar-refractivity contribution is 5.03. The highest BCUT2D eigenvalue weighted by Crippen LogP contribution is 2.39. The molecule has 0 atom stereocenters. The summed E-state index contributed by atoms with van der Waals surface area (Å²) in [7, 11) is 2.14. The molecule has 0 aromatic heterocycles. The smallest absolute Gasteiger partial charge is 0.0593 e. The number of nitrogens with zero attached hydrogens (tertiary/aromatic N) is 1. The summed E-state index contributed by atoms with van der Waals surface area (Å²) in [5.74, 6) is 0. The third-order valence-corrected chi connectivity index (χ3v) is 2.79. The van der Waals surface area contributed by atoms with E-state index >= 15 is 0 Å². The van der Waals surface area contributed by atoms with Gasteiger partial charge >= 0.3 is 0 Å². The van der Waals surface area contributed by atoms with Crippen molar-refractivity contribution < 1.29 is 4.74 Å². The Labute approximate surface area is 74.9 Å². The van der Waals surface area contributed by atoms with Gasteiger partial charge in [-0.15, -0.1) is 0 Å². The summed E-state index contributed by atoms with van der Waals surface area (Å²) in [6.45, 7) is 5.45. The Morgan fingerprint density at radius 3 is 2.58 bits per heavy atom. The third kappa shape index (κ3) is 2.19. The van der Waals surface area contributed by atoms with Gasteiger partial charge in [-0.1, -0.05) is 0 Å². The van der Waals surface area contributed by atoms with Crippen LogP contribution in [0.3, 0.4) is 0 Å². The van der Waals surface area contributed by atoms with Gasteiger partial charge in [0, 0.05) is 25.2 Å². The molecule has 2 N–H and O–H groups in total. The van der Waals surface area contributed by atoms with E-state index in [0.29, 0.717) is 5.54 Å². The molecule has 0 saturated heterocycles. The summed E-state index contributed by atoms with van der Waals surface area (Å²) >= 11 is 0. The quantitative estimate of drug-likeness (QED) is 0.591. The first-order valence-corrected chi connectivity index (χ1v) is 4.74. The van der Waals surface area contributed by atoms with Crippen LogP contribution >= 0.6 is 0 Å². The highest BCUT2D eigenvalue weighted by Gasteiger charge is 2.44. The first-order chi connectivity index (χ1) is 5.75. The van der Waals surface area contributed by atoms with Crippen LogP contribution in [0.2, 0.25) is 0 Å². The lowest BCUT2D eigenvalue weighted by atomic mass is 10.2. The van der Waals surface area contributed by atoms with E-state index in [1.54, 1.807) is 0 Å². The van der Waals surface area contributed by atoms with E-state index in [1.165, 1.54) is 12.8 Å². The molecule has 0 amide bonds. The summed E-state index contributed by atoms with van der Waals surface area (Å²) in [4.78, 5) is 2.34. The summed E-state index contributed by atoms with van der Waals surface area (Å²) in [5, 5.41) is 0. The van der Waals surface area contributed by atoms with E-state index in [2.05, 4.69) is 11.9 Å². The van der Waals surface area contributed by atoms with Crippen molar-refractivity contribution in [2.45, 2.75) is 25.3 Å². The van der Waals surface area contributed by atoms with Crippen LogP contribution < -0.4 is 5.73 Å². The molecule has 0 heterocycles. The standard InChI is InChI=1S/C9H20N2O/c1-3-12-7-6-11(2)9(8-10)4-5-9/h3-8,10H2,1-2H3. The average Bonchev–Trinajstić information content (AvgIpc) is 2.85. The Bertz CT molecular complexity index is 134. The Morgan fingerprint density at radius 1 is 1.50 bits per heavy atom. The van der Waals surface area contributed by atoms with Crippen LogP contribution in [0.25, 0.3) is 0 Å². The molecule has 0 aliphatic heterocycles. The zero-order valence-electron chi connectivity index (χ0n) is 8.18. The average molecular weight is 172 g/mol. The Morgan fingerprint density at radius 2 is 2.17 bits per heavy atom. The van der Waals surface area contributed by atoms with E-state index in [9.17, 15) is 0 Å². The maximum Gasteiger partial charge on any atom is 0.0593 e. The van der Waals surface area contributed by atoms with Gasteiger partial charge in [-0.2, -0.15) is 0 Å². The predicted molar refractivity (Wildman–Crippen MR) is 50.1 cm³/mol. The minimum Gasteiger partial charge on any atom is -0.380 e. The maximum atomic E-state index is 5.69. The van der Waals surface area contributed by atoms with E-state index in [-0.39, 0.29) is 0 Å². The lowest BCUT2D eigenvalue weighted by Gasteiger charge is -2.26. The number of ether oxygens (including phenoxy) is 1. The molecule has 3 heteroatoms. The number of nitrogens with two attached hydrogens (primary N) is 1. The minimum absolute atomic E-state index is 0.330. The van der Waals surface area contributed by atoms with Crippen molar-refractivity contribution >= 4 is 0 Å². The Kier molecular flexibility index (Phi) is 3.50. The molecule has 0 aromatic carbocycles. The minimum atomic E-state index is 0.330. The van der Waals surface area contributed by atoms with Crippen molar-refractivity contribution in [3.05, 3.63) is 0 Å². The van der Waals surface area contributed by atoms with Crippen LogP contribution in [0.5, 0.6) is 0 Å². The van der Waals surface area contributed by atoms with Crippen molar-refractivity contribution in [1.82, 2.24) is 4.90 Å². The molecule has 1 aliphatic carbocycles. The number of likely N-dealkylation sites (N-methyl/N-ethyl adjacent to an activating group) is 1. The van der Waals surface area contributed by atoms with Gasteiger partial charge in [-0.3, -0.25) is 4.90 Å². The Balaban J connectivity index is 2.15.